The van der Waals surface area contributed by atoms with E-state index in [-0.39, 0.29) is 17.6 Å². The number of aryl methyl sites for hydroxylation is 1. The van der Waals surface area contributed by atoms with E-state index in [4.69, 9.17) is 4.98 Å². The molecule has 1 aliphatic heterocycles. The van der Waals surface area contributed by atoms with Crippen molar-refractivity contribution in [2.75, 3.05) is 13.1 Å². The van der Waals surface area contributed by atoms with Gasteiger partial charge in [0.2, 0.25) is 0 Å². The van der Waals surface area contributed by atoms with E-state index in [0.29, 0.717) is 19.5 Å². The van der Waals surface area contributed by atoms with Gasteiger partial charge in [-0.15, -0.1) is 0 Å². The first kappa shape index (κ1) is 17.8. The van der Waals surface area contributed by atoms with Crippen molar-refractivity contribution in [2.24, 2.45) is 5.92 Å². The normalized spacial score (nSPS) is 18.2. The summed E-state index contributed by atoms with van der Waals surface area (Å²) in [6.45, 7) is 8.36. The molecular formula is C20H28N3O2+. The Balaban J connectivity index is 1.78. The second-order valence-electron chi connectivity index (χ2n) is 7.48. The number of benzene rings is 1. The van der Waals surface area contributed by atoms with Gasteiger partial charge in [-0.05, 0) is 24.0 Å². The Morgan fingerprint density at radius 2 is 2.08 bits per heavy atom. The molecule has 0 radical (unpaired) electrons. The van der Waals surface area contributed by atoms with Gasteiger partial charge in [0, 0.05) is 12.8 Å². The highest BCUT2D eigenvalue weighted by molar-refractivity contribution is 5.29. The van der Waals surface area contributed by atoms with Crippen LogP contribution in [0.2, 0.25) is 0 Å². The van der Waals surface area contributed by atoms with Gasteiger partial charge in [-0.1, -0.05) is 38.1 Å². The van der Waals surface area contributed by atoms with E-state index in [9.17, 15) is 9.90 Å². The standard InChI is InChI=1S/C20H27N3O2/c1-13(2)18(24)12-23-9-8-17-16(11-23)20(25)22-19(21-17)10-15-7-5-4-6-14(15)3/h4-7,13,18,24H,8-12H2,1-3H3,(H,21,22,25)/p+1/t18-/m0/s1. The molecule has 1 aliphatic rings. The van der Waals surface area contributed by atoms with Gasteiger partial charge in [0.1, 0.15) is 25.0 Å². The number of fused-ring (bicyclic) bond motifs is 1. The summed E-state index contributed by atoms with van der Waals surface area (Å²) < 4.78 is 0. The highest BCUT2D eigenvalue weighted by Gasteiger charge is 2.26. The average molecular weight is 342 g/mol. The van der Waals surface area contributed by atoms with E-state index in [0.717, 1.165) is 30.0 Å². The first-order valence-electron chi connectivity index (χ1n) is 9.11. The monoisotopic (exact) mass is 342 g/mol. The summed E-state index contributed by atoms with van der Waals surface area (Å²) in [5.41, 5.74) is 4.08. The number of aromatic amines is 1. The third-order valence-electron chi connectivity index (χ3n) is 5.18. The Hall–Kier alpha value is -1.98. The third-order valence-corrected chi connectivity index (χ3v) is 5.18. The Morgan fingerprint density at radius 1 is 1.32 bits per heavy atom. The molecule has 0 saturated heterocycles. The Bertz CT molecular complexity index is 798. The lowest BCUT2D eigenvalue weighted by Crippen LogP contribution is -3.13. The predicted molar refractivity (Wildman–Crippen MR) is 97.8 cm³/mol. The molecule has 2 heterocycles. The van der Waals surface area contributed by atoms with Crippen LogP contribution in [0.4, 0.5) is 0 Å². The lowest BCUT2D eigenvalue weighted by molar-refractivity contribution is -0.919. The molecule has 2 atom stereocenters. The van der Waals surface area contributed by atoms with E-state index in [1.165, 1.54) is 16.0 Å². The number of aliphatic hydroxyl groups is 1. The quantitative estimate of drug-likeness (QED) is 0.746. The van der Waals surface area contributed by atoms with Gasteiger partial charge in [0.05, 0.1) is 17.8 Å². The Labute approximate surface area is 148 Å². The molecular weight excluding hydrogens is 314 g/mol. The topological polar surface area (TPSA) is 70.4 Å². The van der Waals surface area contributed by atoms with Gasteiger partial charge in [0.25, 0.3) is 5.56 Å². The van der Waals surface area contributed by atoms with Crippen LogP contribution in [0.3, 0.4) is 0 Å². The maximum atomic E-state index is 12.6. The van der Waals surface area contributed by atoms with E-state index in [1.807, 2.05) is 26.0 Å². The van der Waals surface area contributed by atoms with Crippen molar-refractivity contribution in [1.29, 1.82) is 0 Å². The Kier molecular flexibility index (Phi) is 5.35. The zero-order valence-corrected chi connectivity index (χ0v) is 15.3. The van der Waals surface area contributed by atoms with Crippen molar-refractivity contribution in [2.45, 2.75) is 46.3 Å². The average Bonchev–Trinajstić information content (AvgIpc) is 2.57. The fraction of sp³-hybridized carbons (Fsp3) is 0.500. The minimum Gasteiger partial charge on any atom is -0.387 e. The number of nitrogens with zero attached hydrogens (tertiary/aromatic N) is 1. The van der Waals surface area contributed by atoms with Crippen molar-refractivity contribution < 1.29 is 10.0 Å². The number of nitrogens with one attached hydrogen (secondary N) is 2. The minimum atomic E-state index is -0.330. The summed E-state index contributed by atoms with van der Waals surface area (Å²) in [6.07, 6.45) is 1.11. The number of hydrogen-bond acceptors (Lipinski definition) is 3. The summed E-state index contributed by atoms with van der Waals surface area (Å²) >= 11 is 0. The smallest absolute Gasteiger partial charge is 0.260 e. The molecule has 0 bridgehead atoms. The van der Waals surface area contributed by atoms with Crippen molar-refractivity contribution in [3.05, 3.63) is 62.8 Å². The molecule has 1 unspecified atom stereocenters. The fourth-order valence-electron chi connectivity index (χ4n) is 3.40. The van der Waals surface area contributed by atoms with Gasteiger partial charge in [-0.25, -0.2) is 4.98 Å². The summed E-state index contributed by atoms with van der Waals surface area (Å²) in [6, 6.07) is 8.19. The molecule has 0 spiro atoms. The maximum Gasteiger partial charge on any atom is 0.260 e. The molecule has 0 fully saturated rings. The van der Waals surface area contributed by atoms with E-state index < -0.39 is 0 Å². The predicted octanol–water partition coefficient (Wildman–Crippen LogP) is 0.627. The molecule has 2 aromatic rings. The Morgan fingerprint density at radius 3 is 2.80 bits per heavy atom. The molecule has 0 saturated carbocycles. The highest BCUT2D eigenvalue weighted by Crippen LogP contribution is 2.12. The summed E-state index contributed by atoms with van der Waals surface area (Å²) in [4.78, 5) is 21.5. The first-order chi connectivity index (χ1) is 11.9. The second-order valence-corrected chi connectivity index (χ2v) is 7.48. The molecule has 5 nitrogen and oxygen atoms in total. The van der Waals surface area contributed by atoms with E-state index in [1.54, 1.807) is 0 Å². The number of quaternary nitrogens is 1. The lowest BCUT2D eigenvalue weighted by atomic mass is 10.0. The van der Waals surface area contributed by atoms with Crippen LogP contribution in [0.5, 0.6) is 0 Å². The van der Waals surface area contributed by atoms with Crippen LogP contribution in [-0.4, -0.2) is 34.3 Å². The van der Waals surface area contributed by atoms with Crippen LogP contribution < -0.4 is 10.5 Å². The molecule has 3 N–H and O–H groups in total. The molecule has 1 aromatic carbocycles. The molecule has 0 amide bonds. The zero-order chi connectivity index (χ0) is 18.0. The van der Waals surface area contributed by atoms with Crippen LogP contribution >= 0.6 is 0 Å². The number of rotatable bonds is 5. The molecule has 25 heavy (non-hydrogen) atoms. The SMILES string of the molecule is Cc1ccccc1Cc1nc2c(c(=O)[nH]1)C[NH+](C[C@H](O)C(C)C)CC2. The van der Waals surface area contributed by atoms with Crippen LogP contribution in [0, 0.1) is 12.8 Å². The van der Waals surface area contributed by atoms with E-state index >= 15 is 0 Å². The number of aromatic nitrogens is 2. The molecule has 134 valence electrons. The van der Waals surface area contributed by atoms with Crippen molar-refractivity contribution >= 4 is 0 Å². The van der Waals surface area contributed by atoms with Crippen molar-refractivity contribution in [3.8, 4) is 0 Å². The number of hydrogen-bond donors (Lipinski definition) is 3. The van der Waals surface area contributed by atoms with Crippen LogP contribution in [0.1, 0.15) is 42.1 Å². The maximum absolute atomic E-state index is 12.6. The number of aliphatic hydroxyl groups excluding tert-OH is 1. The summed E-state index contributed by atoms with van der Waals surface area (Å²) in [5, 5.41) is 10.1. The second kappa shape index (κ2) is 7.50. The minimum absolute atomic E-state index is 0.0233. The molecule has 1 aromatic heterocycles. The van der Waals surface area contributed by atoms with Crippen LogP contribution in [-0.2, 0) is 19.4 Å². The van der Waals surface area contributed by atoms with Gasteiger partial charge < -0.3 is 15.0 Å². The summed E-state index contributed by atoms with van der Waals surface area (Å²) in [5.74, 6) is 0.977. The van der Waals surface area contributed by atoms with Crippen molar-refractivity contribution in [3.63, 3.8) is 0 Å². The molecule has 0 aliphatic carbocycles. The first-order valence-corrected chi connectivity index (χ1v) is 9.11. The molecule has 5 heteroatoms. The van der Waals surface area contributed by atoms with Gasteiger partial charge >= 0.3 is 0 Å². The fourth-order valence-corrected chi connectivity index (χ4v) is 3.40. The van der Waals surface area contributed by atoms with Crippen molar-refractivity contribution in [1.82, 2.24) is 9.97 Å². The summed E-state index contributed by atoms with van der Waals surface area (Å²) in [7, 11) is 0. The number of H-pyrrole nitrogens is 1. The highest BCUT2D eigenvalue weighted by atomic mass is 16.3. The molecule has 3 rings (SSSR count). The van der Waals surface area contributed by atoms with Gasteiger partial charge in [0.15, 0.2) is 0 Å². The largest absolute Gasteiger partial charge is 0.387 e. The lowest BCUT2D eigenvalue weighted by Gasteiger charge is -2.27. The van der Waals surface area contributed by atoms with Crippen LogP contribution in [0.25, 0.3) is 0 Å². The van der Waals surface area contributed by atoms with Gasteiger partial charge in [-0.3, -0.25) is 4.79 Å². The van der Waals surface area contributed by atoms with Crippen LogP contribution in [0.15, 0.2) is 29.1 Å². The van der Waals surface area contributed by atoms with Gasteiger partial charge in [-0.2, -0.15) is 0 Å². The zero-order valence-electron chi connectivity index (χ0n) is 15.3. The van der Waals surface area contributed by atoms with E-state index in [2.05, 4.69) is 24.0 Å². The third kappa shape index (κ3) is 4.17.